The van der Waals surface area contributed by atoms with E-state index in [4.69, 9.17) is 4.74 Å². The number of sulfonamides is 2. The van der Waals surface area contributed by atoms with Gasteiger partial charge in [-0.05, 0) is 43.2 Å². The average molecular weight is 438 g/mol. The second-order valence-electron chi connectivity index (χ2n) is 6.53. The van der Waals surface area contributed by atoms with Crippen molar-refractivity contribution in [1.29, 1.82) is 0 Å². The van der Waals surface area contributed by atoms with Crippen molar-refractivity contribution in [2.75, 3.05) is 18.4 Å². The highest BCUT2D eigenvalue weighted by Gasteiger charge is 2.21. The van der Waals surface area contributed by atoms with E-state index < -0.39 is 20.0 Å². The van der Waals surface area contributed by atoms with Crippen molar-refractivity contribution in [1.82, 2.24) is 4.72 Å². The van der Waals surface area contributed by atoms with Gasteiger partial charge in [-0.3, -0.25) is 14.4 Å². The van der Waals surface area contributed by atoms with Crippen LogP contribution in [0.15, 0.2) is 63.3 Å². The quantitative estimate of drug-likeness (QED) is 0.721. The van der Waals surface area contributed by atoms with E-state index in [1.54, 1.807) is 12.1 Å². The zero-order valence-electron chi connectivity index (χ0n) is 16.0. The molecule has 156 valence electrons. The van der Waals surface area contributed by atoms with Crippen molar-refractivity contribution in [3.8, 4) is 5.75 Å². The zero-order valence-corrected chi connectivity index (χ0v) is 17.6. The molecule has 10 heteroatoms. The van der Waals surface area contributed by atoms with E-state index in [1.807, 2.05) is 0 Å². The highest BCUT2D eigenvalue weighted by Crippen LogP contribution is 2.26. The van der Waals surface area contributed by atoms with Crippen LogP contribution in [0.25, 0.3) is 0 Å². The first-order valence-corrected chi connectivity index (χ1v) is 12.1. The van der Waals surface area contributed by atoms with Crippen LogP contribution >= 0.6 is 0 Å². The van der Waals surface area contributed by atoms with Gasteiger partial charge in [-0.1, -0.05) is 24.6 Å². The van der Waals surface area contributed by atoms with Gasteiger partial charge in [0, 0.05) is 13.0 Å². The van der Waals surface area contributed by atoms with Crippen LogP contribution in [-0.4, -0.2) is 36.3 Å². The maximum absolute atomic E-state index is 12.7. The topological polar surface area (TPSA) is 114 Å². The van der Waals surface area contributed by atoms with Crippen LogP contribution in [0, 0.1) is 0 Å². The van der Waals surface area contributed by atoms with Gasteiger partial charge in [-0.2, -0.15) is 0 Å². The molecule has 0 fully saturated rings. The Morgan fingerprint density at radius 2 is 1.69 bits per heavy atom. The number of ether oxygens (including phenoxy) is 1. The number of methoxy groups -OCH3 is 1. The third-order valence-corrected chi connectivity index (χ3v) is 7.18. The molecule has 0 atom stereocenters. The maximum Gasteiger partial charge on any atom is 0.265 e. The van der Waals surface area contributed by atoms with Crippen molar-refractivity contribution < 1.29 is 21.6 Å². The molecule has 0 saturated heterocycles. The fourth-order valence-electron chi connectivity index (χ4n) is 2.95. The molecule has 29 heavy (non-hydrogen) atoms. The second-order valence-corrected chi connectivity index (χ2v) is 9.86. The van der Waals surface area contributed by atoms with Gasteiger partial charge >= 0.3 is 0 Å². The Bertz CT molecular complexity index is 1110. The fourth-order valence-corrected chi connectivity index (χ4v) is 5.30. The van der Waals surface area contributed by atoms with Crippen molar-refractivity contribution in [2.24, 2.45) is 4.99 Å². The molecule has 0 radical (unpaired) electrons. The number of nitrogens with one attached hydrogen (secondary N) is 2. The first kappa shape index (κ1) is 21.1. The molecule has 3 rings (SSSR count). The Morgan fingerprint density at radius 1 is 0.897 bits per heavy atom. The van der Waals surface area contributed by atoms with Crippen LogP contribution in [0.4, 0.5) is 5.69 Å². The van der Waals surface area contributed by atoms with Crippen LogP contribution < -0.4 is 14.2 Å². The molecule has 2 aromatic rings. The number of aliphatic imine (C=N–C) groups is 1. The number of benzene rings is 2. The largest absolute Gasteiger partial charge is 0.495 e. The summed E-state index contributed by atoms with van der Waals surface area (Å²) in [5, 5.41) is 0. The lowest BCUT2D eigenvalue weighted by Gasteiger charge is -2.13. The SMILES string of the molecule is COc1ccccc1S(=O)(=O)Nc1cccc(S(=O)(=O)NC2=NCCCCC2)c1. The first-order chi connectivity index (χ1) is 13.8. The monoisotopic (exact) mass is 437 g/mol. The van der Waals surface area contributed by atoms with E-state index in [2.05, 4.69) is 14.4 Å². The smallest absolute Gasteiger partial charge is 0.265 e. The highest BCUT2D eigenvalue weighted by molar-refractivity contribution is 7.93. The Balaban J connectivity index is 1.84. The predicted octanol–water partition coefficient (Wildman–Crippen LogP) is 2.75. The average Bonchev–Trinajstić information content (AvgIpc) is 2.96. The third kappa shape index (κ3) is 5.27. The third-order valence-electron chi connectivity index (χ3n) is 4.38. The molecule has 1 aliphatic heterocycles. The van der Waals surface area contributed by atoms with Crippen LogP contribution in [0.3, 0.4) is 0 Å². The molecule has 0 bridgehead atoms. The Hall–Kier alpha value is -2.59. The van der Waals surface area contributed by atoms with Crippen molar-refractivity contribution in [3.05, 3.63) is 48.5 Å². The van der Waals surface area contributed by atoms with Crippen molar-refractivity contribution >= 4 is 31.6 Å². The first-order valence-electron chi connectivity index (χ1n) is 9.14. The summed E-state index contributed by atoms with van der Waals surface area (Å²) in [6, 6.07) is 11.8. The van der Waals surface area contributed by atoms with Gasteiger partial charge in [0.1, 0.15) is 16.5 Å². The number of anilines is 1. The Labute approximate surface area is 171 Å². The Morgan fingerprint density at radius 3 is 2.48 bits per heavy atom. The lowest BCUT2D eigenvalue weighted by Crippen LogP contribution is -2.30. The van der Waals surface area contributed by atoms with E-state index in [9.17, 15) is 16.8 Å². The molecule has 0 saturated carbocycles. The number of rotatable bonds is 6. The van der Waals surface area contributed by atoms with Gasteiger partial charge in [0.2, 0.25) is 0 Å². The van der Waals surface area contributed by atoms with Crippen molar-refractivity contribution in [3.63, 3.8) is 0 Å². The van der Waals surface area contributed by atoms with Gasteiger partial charge < -0.3 is 4.74 Å². The summed E-state index contributed by atoms with van der Waals surface area (Å²) in [6.45, 7) is 0.594. The Kier molecular flexibility index (Phi) is 6.43. The number of para-hydroxylation sites is 1. The summed E-state index contributed by atoms with van der Waals surface area (Å²) >= 11 is 0. The second kappa shape index (κ2) is 8.83. The summed E-state index contributed by atoms with van der Waals surface area (Å²) in [5.41, 5.74) is 0.126. The summed E-state index contributed by atoms with van der Waals surface area (Å²) in [5.74, 6) is 0.624. The normalized spacial score (nSPS) is 15.1. The van der Waals surface area contributed by atoms with Crippen LogP contribution in [0.2, 0.25) is 0 Å². The van der Waals surface area contributed by atoms with Crippen LogP contribution in [0.5, 0.6) is 5.75 Å². The summed E-state index contributed by atoms with van der Waals surface area (Å²) < 4.78 is 60.9. The number of hydrogen-bond donors (Lipinski definition) is 2. The van der Waals surface area contributed by atoms with E-state index in [0.717, 1.165) is 19.3 Å². The molecular formula is C19H23N3O5S2. The standard InChI is InChI=1S/C19H23N3O5S2/c1-27-17-10-4-5-11-18(17)29(25,26)21-15-8-7-9-16(14-15)28(23,24)22-19-12-3-2-6-13-20-19/h4-5,7-11,14,21H,2-3,6,12-13H2,1H3,(H,20,22). The number of amidine groups is 1. The van der Waals surface area contributed by atoms with E-state index in [1.165, 1.54) is 43.5 Å². The molecule has 1 heterocycles. The molecular weight excluding hydrogens is 414 g/mol. The fraction of sp³-hybridized carbons (Fsp3) is 0.316. The van der Waals surface area contributed by atoms with Crippen LogP contribution in [0.1, 0.15) is 25.7 Å². The molecule has 1 aliphatic rings. The predicted molar refractivity (Wildman–Crippen MR) is 111 cm³/mol. The molecule has 0 spiro atoms. The maximum atomic E-state index is 12.7. The molecule has 0 aromatic heterocycles. The number of hydrogen-bond acceptors (Lipinski definition) is 6. The van der Waals surface area contributed by atoms with Gasteiger partial charge in [0.25, 0.3) is 20.0 Å². The molecule has 0 amide bonds. The minimum atomic E-state index is -3.96. The summed E-state index contributed by atoms with van der Waals surface area (Å²) in [7, 11) is -6.46. The molecule has 8 nitrogen and oxygen atoms in total. The zero-order chi connectivity index (χ0) is 20.9. The van der Waals surface area contributed by atoms with Crippen molar-refractivity contribution in [2.45, 2.75) is 35.5 Å². The van der Waals surface area contributed by atoms with Gasteiger partial charge in [0.05, 0.1) is 17.7 Å². The summed E-state index contributed by atoms with van der Waals surface area (Å²) in [4.78, 5) is 4.18. The van der Waals surface area contributed by atoms with Gasteiger partial charge in [-0.25, -0.2) is 16.8 Å². The van der Waals surface area contributed by atoms with E-state index >= 15 is 0 Å². The molecule has 2 N–H and O–H groups in total. The lowest BCUT2D eigenvalue weighted by atomic mass is 10.2. The van der Waals surface area contributed by atoms with Crippen LogP contribution in [-0.2, 0) is 20.0 Å². The van der Waals surface area contributed by atoms with E-state index in [0.29, 0.717) is 18.8 Å². The molecule has 2 aromatic carbocycles. The lowest BCUT2D eigenvalue weighted by molar-refractivity contribution is 0.403. The highest BCUT2D eigenvalue weighted by atomic mass is 32.2. The minimum Gasteiger partial charge on any atom is -0.495 e. The van der Waals surface area contributed by atoms with Gasteiger partial charge in [-0.15, -0.1) is 0 Å². The summed E-state index contributed by atoms with van der Waals surface area (Å²) in [6.07, 6.45) is 3.39. The number of nitrogens with zero attached hydrogens (tertiary/aromatic N) is 1. The molecule has 0 aliphatic carbocycles. The van der Waals surface area contributed by atoms with E-state index in [-0.39, 0.29) is 21.2 Å². The molecule has 0 unspecified atom stereocenters. The minimum absolute atomic E-state index is 0.0401. The van der Waals surface area contributed by atoms with Gasteiger partial charge in [0.15, 0.2) is 0 Å².